The number of rotatable bonds is 8. The van der Waals surface area contributed by atoms with Crippen LogP contribution in [-0.4, -0.2) is 48.5 Å². The fourth-order valence-corrected chi connectivity index (χ4v) is 5.41. The summed E-state index contributed by atoms with van der Waals surface area (Å²) in [6.07, 6.45) is 7.96. The number of ether oxygens (including phenoxy) is 2. The summed E-state index contributed by atoms with van der Waals surface area (Å²) in [5.74, 6) is 0.737. The number of hydrogen-bond acceptors (Lipinski definition) is 5. The van der Waals surface area contributed by atoms with Crippen molar-refractivity contribution in [2.75, 3.05) is 13.2 Å². The summed E-state index contributed by atoms with van der Waals surface area (Å²) >= 11 is 0. The van der Waals surface area contributed by atoms with Gasteiger partial charge in [0.25, 0.3) is 5.91 Å². The fraction of sp³-hybridized carbons (Fsp3) is 0.536. The topological polar surface area (TPSA) is 79.8 Å². The van der Waals surface area contributed by atoms with Gasteiger partial charge in [0.05, 0.1) is 12.2 Å². The van der Waals surface area contributed by atoms with Crippen LogP contribution in [0.5, 0.6) is 5.75 Å². The second kappa shape index (κ2) is 10.9. The Morgan fingerprint density at radius 1 is 1.03 bits per heavy atom. The Morgan fingerprint density at radius 3 is 2.68 bits per heavy atom. The average Bonchev–Trinajstić information content (AvgIpc) is 3.53. The molecule has 3 aliphatic rings. The third-order valence-corrected chi connectivity index (χ3v) is 7.46. The molecule has 1 aliphatic heterocycles. The van der Waals surface area contributed by atoms with Gasteiger partial charge in [0.1, 0.15) is 12.4 Å². The van der Waals surface area contributed by atoms with E-state index in [0.717, 1.165) is 70.3 Å². The number of amides is 1. The maximum Gasteiger partial charge on any atom is 0.251 e. The highest BCUT2D eigenvalue weighted by Crippen LogP contribution is 2.24. The van der Waals surface area contributed by atoms with Crippen molar-refractivity contribution in [1.29, 1.82) is 0 Å². The van der Waals surface area contributed by atoms with Crippen LogP contribution < -0.4 is 15.4 Å². The van der Waals surface area contributed by atoms with Crippen LogP contribution in [-0.2, 0) is 24.1 Å². The zero-order valence-corrected chi connectivity index (χ0v) is 19.8. The van der Waals surface area contributed by atoms with Crippen molar-refractivity contribution >= 4 is 5.91 Å². The minimum Gasteiger partial charge on any atom is -0.491 e. The minimum atomic E-state index is -0.211. The van der Waals surface area contributed by atoms with E-state index in [1.54, 1.807) is 0 Å². The molecule has 1 heterocycles. The maximum atomic E-state index is 12.8. The second-order valence-corrected chi connectivity index (χ2v) is 9.97. The molecule has 0 spiro atoms. The molecule has 2 aromatic carbocycles. The molecule has 0 unspecified atom stereocenters. The molecule has 5 rings (SSSR count). The monoisotopic (exact) mass is 464 g/mol. The number of carbonyl (C=O) groups is 1. The normalized spacial score (nSPS) is 26.3. The van der Waals surface area contributed by atoms with Gasteiger partial charge in [0.15, 0.2) is 0 Å². The van der Waals surface area contributed by atoms with Crippen LogP contribution in [0.15, 0.2) is 42.5 Å². The molecule has 34 heavy (non-hydrogen) atoms. The van der Waals surface area contributed by atoms with Crippen LogP contribution in [0.4, 0.5) is 0 Å². The van der Waals surface area contributed by atoms with Gasteiger partial charge in [-0.1, -0.05) is 18.2 Å². The molecule has 3 N–H and O–H groups in total. The molecule has 1 amide bonds. The van der Waals surface area contributed by atoms with Gasteiger partial charge < -0.3 is 25.2 Å². The first-order valence-corrected chi connectivity index (χ1v) is 12.8. The molecule has 182 valence electrons. The minimum absolute atomic E-state index is 0.0323. The van der Waals surface area contributed by atoms with E-state index < -0.39 is 0 Å². The smallest absolute Gasteiger partial charge is 0.251 e. The van der Waals surface area contributed by atoms with Gasteiger partial charge in [-0.15, -0.1) is 0 Å². The van der Waals surface area contributed by atoms with Crippen molar-refractivity contribution < 1.29 is 19.4 Å². The Kier molecular flexibility index (Phi) is 7.48. The van der Waals surface area contributed by atoms with E-state index in [0.29, 0.717) is 12.2 Å². The van der Waals surface area contributed by atoms with Crippen LogP contribution in [0, 0.1) is 0 Å². The number of aryl methyl sites for hydroxylation is 1. The van der Waals surface area contributed by atoms with E-state index in [9.17, 15) is 9.90 Å². The zero-order valence-electron chi connectivity index (χ0n) is 19.8. The molecule has 2 fully saturated rings. The molecule has 1 saturated carbocycles. The third-order valence-electron chi connectivity index (χ3n) is 7.46. The number of aliphatic hydroxyl groups excluding tert-OH is 1. The van der Waals surface area contributed by atoms with E-state index in [1.807, 2.05) is 24.3 Å². The quantitative estimate of drug-likeness (QED) is 0.557. The Balaban J connectivity index is 1.10. The van der Waals surface area contributed by atoms with Crippen LogP contribution in [0.3, 0.4) is 0 Å². The highest BCUT2D eigenvalue weighted by Gasteiger charge is 2.25. The number of aliphatic hydroxyl groups is 1. The first-order chi connectivity index (χ1) is 16.6. The molecule has 2 aromatic rings. The average molecular weight is 465 g/mol. The SMILES string of the molecule is O=C(N[C@H]1CCc2cc(CN[C@H]3CCC[C@@H]3O)ccc2C1)c1ccc(OC[C@@H]2CCCO2)cc1. The lowest BCUT2D eigenvalue weighted by atomic mass is 9.87. The molecule has 6 heteroatoms. The second-order valence-electron chi connectivity index (χ2n) is 9.97. The van der Waals surface area contributed by atoms with Crippen molar-refractivity contribution in [3.05, 3.63) is 64.7 Å². The summed E-state index contributed by atoms with van der Waals surface area (Å²) in [5.41, 5.74) is 4.62. The summed E-state index contributed by atoms with van der Waals surface area (Å²) < 4.78 is 11.4. The Labute approximate surface area is 202 Å². The highest BCUT2D eigenvalue weighted by atomic mass is 16.5. The van der Waals surface area contributed by atoms with Crippen LogP contribution in [0.1, 0.15) is 65.6 Å². The summed E-state index contributed by atoms with van der Waals surface area (Å²) in [5, 5.41) is 16.7. The van der Waals surface area contributed by atoms with Gasteiger partial charge in [-0.3, -0.25) is 4.79 Å². The standard InChI is InChI=1S/C28H36N2O4/c31-27-5-1-4-26(27)29-17-19-6-7-22-16-23(11-8-21(22)15-19)30-28(32)20-9-12-24(13-10-20)34-18-25-3-2-14-33-25/h6-7,9-10,12-13,15,23,25-27,29,31H,1-5,8,11,14,16-18H2,(H,30,32)/t23-,25-,26-,27-/m0/s1. The molecule has 0 radical (unpaired) electrons. The summed E-state index contributed by atoms with van der Waals surface area (Å²) in [6, 6.07) is 14.4. The van der Waals surface area contributed by atoms with E-state index in [1.165, 1.54) is 16.7 Å². The molecule has 0 bridgehead atoms. The Hall–Kier alpha value is -2.41. The molecular weight excluding hydrogens is 428 g/mol. The van der Waals surface area contributed by atoms with Crippen LogP contribution >= 0.6 is 0 Å². The van der Waals surface area contributed by atoms with Gasteiger partial charge in [0.2, 0.25) is 0 Å². The summed E-state index contributed by atoms with van der Waals surface area (Å²) in [4.78, 5) is 12.8. The lowest BCUT2D eigenvalue weighted by Gasteiger charge is -2.26. The van der Waals surface area contributed by atoms with E-state index >= 15 is 0 Å². The summed E-state index contributed by atoms with van der Waals surface area (Å²) in [7, 11) is 0. The molecule has 2 aliphatic carbocycles. The first-order valence-electron chi connectivity index (χ1n) is 12.8. The first kappa shape index (κ1) is 23.3. The Morgan fingerprint density at radius 2 is 1.91 bits per heavy atom. The third kappa shape index (κ3) is 5.80. The van der Waals surface area contributed by atoms with Gasteiger partial charge in [0, 0.05) is 30.8 Å². The van der Waals surface area contributed by atoms with Crippen LogP contribution in [0.25, 0.3) is 0 Å². The number of fused-ring (bicyclic) bond motifs is 1. The van der Waals surface area contributed by atoms with Gasteiger partial charge >= 0.3 is 0 Å². The lowest BCUT2D eigenvalue weighted by molar-refractivity contribution is 0.0679. The number of benzene rings is 2. The largest absolute Gasteiger partial charge is 0.491 e. The van der Waals surface area contributed by atoms with Crippen molar-refractivity contribution in [1.82, 2.24) is 10.6 Å². The zero-order chi connectivity index (χ0) is 23.3. The fourth-order valence-electron chi connectivity index (χ4n) is 5.41. The van der Waals surface area contributed by atoms with E-state index in [2.05, 4.69) is 28.8 Å². The predicted molar refractivity (Wildman–Crippen MR) is 131 cm³/mol. The van der Waals surface area contributed by atoms with Crippen LogP contribution in [0.2, 0.25) is 0 Å². The van der Waals surface area contributed by atoms with Gasteiger partial charge in [-0.25, -0.2) is 0 Å². The number of nitrogens with one attached hydrogen (secondary N) is 2. The predicted octanol–water partition coefficient (Wildman–Crippen LogP) is 3.53. The lowest BCUT2D eigenvalue weighted by Crippen LogP contribution is -2.39. The number of hydrogen-bond donors (Lipinski definition) is 3. The van der Waals surface area contributed by atoms with Gasteiger partial charge in [-0.05, 0) is 92.3 Å². The summed E-state index contributed by atoms with van der Waals surface area (Å²) in [6.45, 7) is 2.18. The van der Waals surface area contributed by atoms with Crippen molar-refractivity contribution in [2.45, 2.75) is 82.2 Å². The molecule has 4 atom stereocenters. The van der Waals surface area contributed by atoms with Crippen molar-refractivity contribution in [3.63, 3.8) is 0 Å². The Bertz CT molecular complexity index is 971. The maximum absolute atomic E-state index is 12.8. The molecule has 1 saturated heterocycles. The molecular formula is C28H36N2O4. The van der Waals surface area contributed by atoms with E-state index in [4.69, 9.17) is 9.47 Å². The van der Waals surface area contributed by atoms with Gasteiger partial charge in [-0.2, -0.15) is 0 Å². The number of carbonyl (C=O) groups excluding carboxylic acids is 1. The molecule has 0 aromatic heterocycles. The van der Waals surface area contributed by atoms with Crippen molar-refractivity contribution in [3.8, 4) is 5.75 Å². The molecule has 6 nitrogen and oxygen atoms in total. The van der Waals surface area contributed by atoms with Crippen molar-refractivity contribution in [2.24, 2.45) is 0 Å². The highest BCUT2D eigenvalue weighted by molar-refractivity contribution is 5.94. The van der Waals surface area contributed by atoms with E-state index in [-0.39, 0.29) is 30.2 Å².